The molecule has 43 heavy (non-hydrogen) atoms. The number of hydrogen-bond donors (Lipinski definition) is 3. The summed E-state index contributed by atoms with van der Waals surface area (Å²) in [6, 6.07) is 25.1. The second kappa shape index (κ2) is 15.1. The van der Waals surface area contributed by atoms with Gasteiger partial charge in [0.15, 0.2) is 5.78 Å². The third-order valence-corrected chi connectivity index (χ3v) is 6.87. The van der Waals surface area contributed by atoms with Gasteiger partial charge in [-0.05, 0) is 48.7 Å². The van der Waals surface area contributed by atoms with E-state index in [1.54, 1.807) is 24.3 Å². The van der Waals surface area contributed by atoms with E-state index in [1.165, 1.54) is 6.92 Å². The lowest BCUT2D eigenvalue weighted by Gasteiger charge is -2.27. The lowest BCUT2D eigenvalue weighted by Crippen LogP contribution is -2.53. The van der Waals surface area contributed by atoms with Gasteiger partial charge in [-0.15, -0.1) is 0 Å². The summed E-state index contributed by atoms with van der Waals surface area (Å²) in [5.74, 6) is -0.988. The number of primary amides is 1. The van der Waals surface area contributed by atoms with Crippen molar-refractivity contribution in [2.75, 3.05) is 6.61 Å². The van der Waals surface area contributed by atoms with Crippen molar-refractivity contribution in [1.82, 2.24) is 15.6 Å². The molecule has 0 spiro atoms. The molecule has 0 radical (unpaired) electrons. The molecular formula is C32H33N7O4. The molecule has 0 unspecified atom stereocenters. The average molecular weight is 580 g/mol. The van der Waals surface area contributed by atoms with Gasteiger partial charge >= 0.3 is 0 Å². The molecule has 3 atom stereocenters. The minimum absolute atomic E-state index is 0.110. The number of carbonyl (C=O) groups is 3. The van der Waals surface area contributed by atoms with Crippen molar-refractivity contribution in [3.63, 3.8) is 0 Å². The Balaban J connectivity index is 1.54. The molecule has 0 saturated carbocycles. The molecule has 3 aromatic carbocycles. The minimum atomic E-state index is -0.977. The Labute approximate surface area is 249 Å². The van der Waals surface area contributed by atoms with Crippen LogP contribution in [0.1, 0.15) is 35.0 Å². The molecule has 0 aliphatic carbocycles. The zero-order chi connectivity index (χ0) is 30.6. The van der Waals surface area contributed by atoms with Crippen LogP contribution in [0.2, 0.25) is 0 Å². The van der Waals surface area contributed by atoms with Crippen molar-refractivity contribution in [3.8, 4) is 5.75 Å². The fraction of sp³-hybridized carbons (Fsp3) is 0.250. The summed E-state index contributed by atoms with van der Waals surface area (Å²) >= 11 is 0. The first kappa shape index (κ1) is 30.7. The van der Waals surface area contributed by atoms with Gasteiger partial charge in [-0.2, -0.15) is 0 Å². The molecule has 11 nitrogen and oxygen atoms in total. The third kappa shape index (κ3) is 8.87. The number of rotatable bonds is 15. The molecule has 0 aliphatic heterocycles. The number of fused-ring (bicyclic) bond motifs is 1. The van der Waals surface area contributed by atoms with E-state index in [1.807, 2.05) is 66.7 Å². The van der Waals surface area contributed by atoms with Gasteiger partial charge in [-0.3, -0.25) is 24.7 Å². The Hall–Kier alpha value is -5.25. The van der Waals surface area contributed by atoms with Gasteiger partial charge in [0, 0.05) is 22.9 Å². The molecule has 4 aromatic rings. The van der Waals surface area contributed by atoms with Crippen LogP contribution < -0.4 is 21.1 Å². The summed E-state index contributed by atoms with van der Waals surface area (Å²) < 4.78 is 5.94. The van der Waals surface area contributed by atoms with Crippen LogP contribution in [0.25, 0.3) is 21.3 Å². The first-order valence-corrected chi connectivity index (χ1v) is 13.8. The van der Waals surface area contributed by atoms with Gasteiger partial charge in [0.2, 0.25) is 11.8 Å². The van der Waals surface area contributed by atoms with Crippen LogP contribution in [0, 0.1) is 0 Å². The molecular weight excluding hydrogens is 546 g/mol. The van der Waals surface area contributed by atoms with Crippen molar-refractivity contribution in [3.05, 3.63) is 118 Å². The van der Waals surface area contributed by atoms with Crippen LogP contribution in [0.3, 0.4) is 0 Å². The summed E-state index contributed by atoms with van der Waals surface area (Å²) in [5.41, 5.74) is 17.7. The van der Waals surface area contributed by atoms with E-state index in [-0.39, 0.29) is 25.4 Å². The zero-order valence-corrected chi connectivity index (χ0v) is 23.7. The molecule has 2 amide bonds. The monoisotopic (exact) mass is 579 g/mol. The van der Waals surface area contributed by atoms with Crippen LogP contribution in [0.5, 0.6) is 5.75 Å². The standard InChI is InChI=1S/C32H33N7O4/c1-21(40)25-12-6-8-14-30(25)43-20-29(38-39-34)27(17-22-9-3-2-4-10-22)37-32(42)28(18-31(33)41)35-19-24-16-15-23-11-5-7-13-26(23)36-24/h2-16,27-29,35H,17-20H2,1H3,(H2,33,41)(H,37,42)/t27-,28-,29+/m0/s1. The highest BCUT2D eigenvalue weighted by atomic mass is 16.5. The van der Waals surface area contributed by atoms with Crippen molar-refractivity contribution >= 4 is 28.5 Å². The van der Waals surface area contributed by atoms with E-state index >= 15 is 0 Å². The van der Waals surface area contributed by atoms with Crippen LogP contribution in [0.15, 0.2) is 96.1 Å². The largest absolute Gasteiger partial charge is 0.492 e. The predicted molar refractivity (Wildman–Crippen MR) is 163 cm³/mol. The Morgan fingerprint density at radius 2 is 1.70 bits per heavy atom. The van der Waals surface area contributed by atoms with E-state index in [0.29, 0.717) is 23.4 Å². The molecule has 0 fully saturated rings. The van der Waals surface area contributed by atoms with E-state index < -0.39 is 29.9 Å². The number of ether oxygens (including phenoxy) is 1. The number of nitrogens with zero attached hydrogens (tertiary/aromatic N) is 4. The zero-order valence-electron chi connectivity index (χ0n) is 23.7. The number of hydrogen-bond acceptors (Lipinski definition) is 7. The lowest BCUT2D eigenvalue weighted by atomic mass is 9.99. The number of pyridine rings is 1. The summed E-state index contributed by atoms with van der Waals surface area (Å²) in [5, 5.41) is 11.0. The van der Waals surface area contributed by atoms with E-state index in [2.05, 4.69) is 25.6 Å². The normalized spacial score (nSPS) is 12.9. The number of amides is 2. The van der Waals surface area contributed by atoms with E-state index in [4.69, 9.17) is 10.5 Å². The van der Waals surface area contributed by atoms with Gasteiger partial charge in [-0.1, -0.05) is 71.8 Å². The van der Waals surface area contributed by atoms with Gasteiger partial charge < -0.3 is 15.8 Å². The van der Waals surface area contributed by atoms with Gasteiger partial charge in [0.05, 0.1) is 41.9 Å². The second-order valence-electron chi connectivity index (χ2n) is 10.0. The maximum atomic E-state index is 13.6. The number of aromatic nitrogens is 1. The molecule has 4 N–H and O–H groups in total. The highest BCUT2D eigenvalue weighted by molar-refractivity contribution is 5.96. The number of nitrogens with one attached hydrogen (secondary N) is 2. The molecule has 0 saturated heterocycles. The highest BCUT2D eigenvalue weighted by Crippen LogP contribution is 2.20. The SMILES string of the molecule is CC(=O)c1ccccc1OC[C@@H](N=[N+]=[N-])[C@H](Cc1ccccc1)NC(=O)[C@H](CC(N)=O)NCc1ccc2ccccc2n1. The molecule has 0 bridgehead atoms. The van der Waals surface area contributed by atoms with Crippen LogP contribution in [-0.2, 0) is 22.6 Å². The number of benzene rings is 3. The molecule has 11 heteroatoms. The number of ketones is 1. The van der Waals surface area contributed by atoms with Crippen molar-refractivity contribution in [2.45, 2.75) is 44.4 Å². The third-order valence-electron chi connectivity index (χ3n) is 6.87. The molecule has 220 valence electrons. The Bertz CT molecular complexity index is 1620. The Kier molecular flexibility index (Phi) is 10.8. The van der Waals surface area contributed by atoms with Gasteiger partial charge in [-0.25, -0.2) is 0 Å². The maximum Gasteiger partial charge on any atom is 0.237 e. The number of Topliss-reactive ketones (excluding diaryl/α,β-unsaturated/α-hetero) is 1. The molecule has 4 rings (SSSR count). The fourth-order valence-electron chi connectivity index (χ4n) is 4.68. The summed E-state index contributed by atoms with van der Waals surface area (Å²) in [7, 11) is 0. The Morgan fingerprint density at radius 3 is 2.44 bits per heavy atom. The smallest absolute Gasteiger partial charge is 0.237 e. The summed E-state index contributed by atoms with van der Waals surface area (Å²) in [6.45, 7) is 1.54. The van der Waals surface area contributed by atoms with Crippen molar-refractivity contribution in [1.29, 1.82) is 0 Å². The van der Waals surface area contributed by atoms with Crippen LogP contribution in [0.4, 0.5) is 0 Å². The second-order valence-corrected chi connectivity index (χ2v) is 10.0. The topological polar surface area (TPSA) is 172 Å². The van der Waals surface area contributed by atoms with Crippen molar-refractivity contribution < 1.29 is 19.1 Å². The number of azide groups is 1. The number of para-hydroxylation sites is 2. The number of nitrogens with two attached hydrogens (primary N) is 1. The summed E-state index contributed by atoms with van der Waals surface area (Å²) in [4.78, 5) is 45.3. The first-order valence-electron chi connectivity index (χ1n) is 13.8. The van der Waals surface area contributed by atoms with Crippen LogP contribution >= 0.6 is 0 Å². The van der Waals surface area contributed by atoms with Gasteiger partial charge in [0.25, 0.3) is 0 Å². The Morgan fingerprint density at radius 1 is 0.977 bits per heavy atom. The number of carbonyl (C=O) groups excluding carboxylic acids is 3. The van der Waals surface area contributed by atoms with Crippen LogP contribution in [-0.4, -0.2) is 47.3 Å². The predicted octanol–water partition coefficient (Wildman–Crippen LogP) is 4.26. The van der Waals surface area contributed by atoms with Crippen molar-refractivity contribution in [2.24, 2.45) is 10.8 Å². The maximum absolute atomic E-state index is 13.6. The lowest BCUT2D eigenvalue weighted by molar-refractivity contribution is -0.127. The average Bonchev–Trinajstić information content (AvgIpc) is 3.01. The molecule has 1 heterocycles. The minimum Gasteiger partial charge on any atom is -0.492 e. The molecule has 1 aromatic heterocycles. The highest BCUT2D eigenvalue weighted by Gasteiger charge is 2.28. The molecule has 0 aliphatic rings. The fourth-order valence-corrected chi connectivity index (χ4v) is 4.68. The van der Waals surface area contributed by atoms with E-state index in [0.717, 1.165) is 16.5 Å². The summed E-state index contributed by atoms with van der Waals surface area (Å²) in [6.07, 6.45) is 0.0512. The quantitative estimate of drug-likeness (QED) is 0.0822. The first-order chi connectivity index (χ1) is 20.8. The van der Waals surface area contributed by atoms with E-state index in [9.17, 15) is 19.9 Å². The van der Waals surface area contributed by atoms with Gasteiger partial charge in [0.1, 0.15) is 5.75 Å².